The molecule has 0 bridgehead atoms. The van der Waals surface area contributed by atoms with E-state index in [0.717, 1.165) is 24.3 Å². The van der Waals surface area contributed by atoms with Gasteiger partial charge in [-0.25, -0.2) is 0 Å². The molecule has 2 aliphatic rings. The van der Waals surface area contributed by atoms with Crippen molar-refractivity contribution >= 4 is 29.9 Å². The molecule has 5 heteroatoms. The standard InChI is InChI=1S/C17H33N3O.HI/c1-17(2,3)15(21-5)10-19-16(18-4)20-11-13-8-6-7-9-14(13)12-20;/h13-15H,6-12H2,1-5H3,(H,18,19);1H. The average Bonchev–Trinajstić information content (AvgIpc) is 2.85. The normalized spacial score (nSPS) is 27.1. The SMILES string of the molecule is CN=C(NCC(OC)C(C)(C)C)N1CC2CCCCC2C1.I. The Hall–Kier alpha value is -0.0400. The van der Waals surface area contributed by atoms with Crippen molar-refractivity contribution < 1.29 is 4.74 Å². The summed E-state index contributed by atoms with van der Waals surface area (Å²) in [5.41, 5.74) is 0.138. The van der Waals surface area contributed by atoms with E-state index in [4.69, 9.17) is 4.74 Å². The number of ether oxygens (including phenoxy) is 1. The third-order valence-electron chi connectivity index (χ3n) is 5.18. The molecule has 22 heavy (non-hydrogen) atoms. The van der Waals surface area contributed by atoms with Crippen LogP contribution in [0.25, 0.3) is 0 Å². The lowest BCUT2D eigenvalue weighted by atomic mass is 9.82. The van der Waals surface area contributed by atoms with E-state index in [0.29, 0.717) is 0 Å². The summed E-state index contributed by atoms with van der Waals surface area (Å²) in [6.45, 7) is 9.83. The summed E-state index contributed by atoms with van der Waals surface area (Å²) in [5.74, 6) is 2.83. The fraction of sp³-hybridized carbons (Fsp3) is 0.941. The molecule has 3 atom stereocenters. The Bertz CT molecular complexity index is 353. The van der Waals surface area contributed by atoms with Crippen LogP contribution >= 0.6 is 24.0 Å². The van der Waals surface area contributed by atoms with Crippen LogP contribution in [0.4, 0.5) is 0 Å². The molecule has 1 saturated heterocycles. The van der Waals surface area contributed by atoms with Gasteiger partial charge in [0.05, 0.1) is 6.10 Å². The molecular weight excluding hydrogens is 389 g/mol. The Morgan fingerprint density at radius 2 is 1.77 bits per heavy atom. The third kappa shape index (κ3) is 4.98. The number of aliphatic imine (C=N–C) groups is 1. The maximum Gasteiger partial charge on any atom is 0.193 e. The first-order valence-electron chi connectivity index (χ1n) is 8.44. The van der Waals surface area contributed by atoms with Crippen molar-refractivity contribution in [3.63, 3.8) is 0 Å². The zero-order chi connectivity index (χ0) is 15.5. The first-order valence-corrected chi connectivity index (χ1v) is 8.44. The van der Waals surface area contributed by atoms with E-state index in [1.54, 1.807) is 7.11 Å². The van der Waals surface area contributed by atoms with Crippen LogP contribution in [-0.4, -0.2) is 50.8 Å². The Kier molecular flexibility index (Phi) is 7.92. The summed E-state index contributed by atoms with van der Waals surface area (Å²) in [6.07, 6.45) is 5.83. The summed E-state index contributed by atoms with van der Waals surface area (Å²) in [5, 5.41) is 3.53. The van der Waals surface area contributed by atoms with Crippen molar-refractivity contribution in [3.8, 4) is 0 Å². The number of likely N-dealkylation sites (tertiary alicyclic amines) is 1. The van der Waals surface area contributed by atoms with Gasteiger partial charge in [-0.2, -0.15) is 0 Å². The highest BCUT2D eigenvalue weighted by molar-refractivity contribution is 14.0. The van der Waals surface area contributed by atoms with E-state index < -0.39 is 0 Å². The lowest BCUT2D eigenvalue weighted by Gasteiger charge is -2.31. The molecule has 1 aliphatic heterocycles. The average molecular weight is 423 g/mol. The van der Waals surface area contributed by atoms with Gasteiger partial charge < -0.3 is 15.0 Å². The van der Waals surface area contributed by atoms with E-state index in [9.17, 15) is 0 Å². The maximum absolute atomic E-state index is 5.63. The van der Waals surface area contributed by atoms with Crippen molar-refractivity contribution in [2.45, 2.75) is 52.6 Å². The molecule has 0 amide bonds. The van der Waals surface area contributed by atoms with Crippen LogP contribution in [0.15, 0.2) is 4.99 Å². The molecule has 2 rings (SSSR count). The van der Waals surface area contributed by atoms with Gasteiger partial charge >= 0.3 is 0 Å². The Labute approximate surface area is 153 Å². The zero-order valence-corrected chi connectivity index (χ0v) is 17.2. The number of hydrogen-bond acceptors (Lipinski definition) is 2. The molecule has 3 unspecified atom stereocenters. The second-order valence-corrected chi connectivity index (χ2v) is 7.73. The van der Waals surface area contributed by atoms with Crippen molar-refractivity contribution in [2.75, 3.05) is 33.8 Å². The molecule has 0 aromatic heterocycles. The number of nitrogens with one attached hydrogen (secondary N) is 1. The zero-order valence-electron chi connectivity index (χ0n) is 14.9. The first-order chi connectivity index (χ1) is 9.95. The van der Waals surface area contributed by atoms with Gasteiger partial charge in [-0.3, -0.25) is 4.99 Å². The highest BCUT2D eigenvalue weighted by Gasteiger charge is 2.36. The van der Waals surface area contributed by atoms with Crippen LogP contribution in [0.2, 0.25) is 0 Å². The van der Waals surface area contributed by atoms with Gasteiger partial charge in [-0.15, -0.1) is 24.0 Å². The van der Waals surface area contributed by atoms with Crippen molar-refractivity contribution in [2.24, 2.45) is 22.2 Å². The summed E-state index contributed by atoms with van der Waals surface area (Å²) in [4.78, 5) is 6.95. The molecule has 1 heterocycles. The fourth-order valence-corrected chi connectivity index (χ4v) is 3.84. The number of halogens is 1. The molecule has 4 nitrogen and oxygen atoms in total. The molecule has 1 N–H and O–H groups in total. The fourth-order valence-electron chi connectivity index (χ4n) is 3.84. The Morgan fingerprint density at radius 3 is 2.18 bits per heavy atom. The number of methoxy groups -OCH3 is 1. The second-order valence-electron chi connectivity index (χ2n) is 7.73. The Balaban J connectivity index is 0.00000242. The highest BCUT2D eigenvalue weighted by Crippen LogP contribution is 2.35. The number of fused-ring (bicyclic) bond motifs is 1. The first kappa shape index (κ1) is 20.0. The van der Waals surface area contributed by atoms with Gasteiger partial charge in [-0.1, -0.05) is 33.6 Å². The lowest BCUT2D eigenvalue weighted by Crippen LogP contribution is -2.46. The maximum atomic E-state index is 5.63. The largest absolute Gasteiger partial charge is 0.379 e. The predicted octanol–water partition coefficient (Wildman–Crippen LogP) is 3.36. The topological polar surface area (TPSA) is 36.9 Å². The van der Waals surface area contributed by atoms with Gasteiger partial charge in [0.15, 0.2) is 5.96 Å². The molecule has 130 valence electrons. The summed E-state index contributed by atoms with van der Waals surface area (Å²) < 4.78 is 5.63. The smallest absolute Gasteiger partial charge is 0.193 e. The van der Waals surface area contributed by atoms with Crippen LogP contribution in [0.1, 0.15) is 46.5 Å². The van der Waals surface area contributed by atoms with Crippen molar-refractivity contribution in [1.29, 1.82) is 0 Å². The number of rotatable bonds is 3. The van der Waals surface area contributed by atoms with Crippen LogP contribution in [0, 0.1) is 17.3 Å². The minimum absolute atomic E-state index is 0. The quantitative estimate of drug-likeness (QED) is 0.430. The monoisotopic (exact) mass is 423 g/mol. The van der Waals surface area contributed by atoms with Gasteiger partial charge in [0.2, 0.25) is 0 Å². The summed E-state index contributed by atoms with van der Waals surface area (Å²) in [7, 11) is 3.69. The summed E-state index contributed by atoms with van der Waals surface area (Å²) in [6, 6.07) is 0. The van der Waals surface area contributed by atoms with Crippen LogP contribution < -0.4 is 5.32 Å². The molecular formula is C17H34IN3O. The highest BCUT2D eigenvalue weighted by atomic mass is 127. The van der Waals surface area contributed by atoms with Crippen molar-refractivity contribution in [1.82, 2.24) is 10.2 Å². The molecule has 0 radical (unpaired) electrons. The van der Waals surface area contributed by atoms with E-state index in [1.807, 2.05) is 7.05 Å². The second kappa shape index (κ2) is 8.71. The van der Waals surface area contributed by atoms with Crippen LogP contribution in [-0.2, 0) is 4.74 Å². The molecule has 1 saturated carbocycles. The van der Waals surface area contributed by atoms with Crippen molar-refractivity contribution in [3.05, 3.63) is 0 Å². The minimum Gasteiger partial charge on any atom is -0.379 e. The predicted molar refractivity (Wildman–Crippen MR) is 104 cm³/mol. The van der Waals surface area contributed by atoms with E-state index >= 15 is 0 Å². The van der Waals surface area contributed by atoms with Gasteiger partial charge in [0.1, 0.15) is 0 Å². The van der Waals surface area contributed by atoms with E-state index in [2.05, 4.69) is 36.0 Å². The number of guanidine groups is 1. The third-order valence-corrected chi connectivity index (χ3v) is 5.18. The molecule has 0 aromatic carbocycles. The van der Waals surface area contributed by atoms with Gasteiger partial charge in [-0.05, 0) is 30.1 Å². The summed E-state index contributed by atoms with van der Waals surface area (Å²) >= 11 is 0. The minimum atomic E-state index is 0. The number of nitrogens with zero attached hydrogens (tertiary/aromatic N) is 2. The van der Waals surface area contributed by atoms with Gasteiger partial charge in [0, 0.05) is 33.8 Å². The molecule has 0 aromatic rings. The molecule has 1 aliphatic carbocycles. The van der Waals surface area contributed by atoms with Crippen LogP contribution in [0.3, 0.4) is 0 Å². The molecule has 0 spiro atoms. The lowest BCUT2D eigenvalue weighted by molar-refractivity contribution is 0.0202. The van der Waals surface area contributed by atoms with Gasteiger partial charge in [0.25, 0.3) is 0 Å². The number of hydrogen-bond donors (Lipinski definition) is 1. The van der Waals surface area contributed by atoms with E-state index in [-0.39, 0.29) is 35.5 Å². The van der Waals surface area contributed by atoms with E-state index in [1.165, 1.54) is 38.8 Å². The molecule has 2 fully saturated rings. The Morgan fingerprint density at radius 1 is 1.23 bits per heavy atom. The van der Waals surface area contributed by atoms with Crippen LogP contribution in [0.5, 0.6) is 0 Å².